The Labute approximate surface area is 244 Å². The molecule has 3 aromatic carbocycles. The second-order valence-electron chi connectivity index (χ2n) is 9.56. The number of anilines is 2. The molecule has 4 aromatic rings. The summed E-state index contributed by atoms with van der Waals surface area (Å²) in [6.45, 7) is 1.77. The third kappa shape index (κ3) is 6.87. The maximum absolute atomic E-state index is 14.6. The van der Waals surface area contributed by atoms with Crippen LogP contribution in [0, 0.1) is 11.6 Å². The van der Waals surface area contributed by atoms with Gasteiger partial charge in [-0.25, -0.2) is 23.2 Å². The summed E-state index contributed by atoms with van der Waals surface area (Å²) in [5.74, 6) is -1.19. The van der Waals surface area contributed by atoms with Crippen LogP contribution in [0.5, 0.6) is 5.75 Å². The van der Waals surface area contributed by atoms with Crippen molar-refractivity contribution in [3.05, 3.63) is 101 Å². The molecule has 1 aliphatic rings. The minimum Gasteiger partial charge on any atom is -0.490 e. The molecule has 1 aromatic heterocycles. The first-order valence-corrected chi connectivity index (χ1v) is 13.4. The van der Waals surface area contributed by atoms with Crippen molar-refractivity contribution in [2.75, 3.05) is 43.0 Å². The molecule has 9 nitrogen and oxygen atoms in total. The molecule has 1 aliphatic heterocycles. The third-order valence-electron chi connectivity index (χ3n) is 6.74. The Morgan fingerprint density at radius 3 is 2.44 bits per heavy atom. The van der Waals surface area contributed by atoms with Crippen LogP contribution in [0.1, 0.15) is 5.56 Å². The van der Waals surface area contributed by atoms with Gasteiger partial charge in [0.1, 0.15) is 42.2 Å². The van der Waals surface area contributed by atoms with Crippen molar-refractivity contribution in [3.63, 3.8) is 0 Å². The van der Waals surface area contributed by atoms with Crippen LogP contribution in [-0.4, -0.2) is 63.6 Å². The van der Waals surface area contributed by atoms with Crippen LogP contribution >= 0.6 is 23.2 Å². The average Bonchev–Trinajstić information content (AvgIpc) is 3.46. The number of aromatic nitrogens is 3. The Hall–Kier alpha value is -3.93. The minimum absolute atomic E-state index is 0.119. The molecular formula is C28H26Cl2F2N6O3. The van der Waals surface area contributed by atoms with Crippen LogP contribution in [0.3, 0.4) is 0 Å². The lowest BCUT2D eigenvalue weighted by Gasteiger charge is -2.36. The molecule has 0 radical (unpaired) electrons. The van der Waals surface area contributed by atoms with Gasteiger partial charge in [-0.3, -0.25) is 0 Å². The highest BCUT2D eigenvalue weighted by Gasteiger charge is 2.35. The molecular weight excluding hydrogens is 577 g/mol. The quantitative estimate of drug-likeness (QED) is 0.288. The molecule has 2 N–H and O–H groups in total. The Bertz CT molecular complexity index is 1500. The highest BCUT2D eigenvalue weighted by Crippen LogP contribution is 2.29. The molecule has 214 valence electrons. The molecule has 1 unspecified atom stereocenters. The van der Waals surface area contributed by atoms with Gasteiger partial charge in [-0.15, -0.1) is 0 Å². The van der Waals surface area contributed by atoms with E-state index in [4.69, 9.17) is 27.9 Å². The summed E-state index contributed by atoms with van der Waals surface area (Å²) in [5, 5.41) is 19.1. The van der Waals surface area contributed by atoms with E-state index in [-0.39, 0.29) is 24.7 Å². The summed E-state index contributed by atoms with van der Waals surface area (Å²) in [7, 11) is 0. The smallest absolute Gasteiger partial charge is 0.322 e. The molecule has 0 spiro atoms. The van der Waals surface area contributed by atoms with Crippen molar-refractivity contribution in [2.24, 2.45) is 0 Å². The lowest BCUT2D eigenvalue weighted by molar-refractivity contribution is -0.0297. The van der Waals surface area contributed by atoms with E-state index in [1.807, 2.05) is 12.1 Å². The molecule has 0 saturated carbocycles. The fourth-order valence-electron chi connectivity index (χ4n) is 4.57. The number of benzene rings is 3. The number of carbonyl (C=O) groups is 1. The largest absolute Gasteiger partial charge is 0.490 e. The van der Waals surface area contributed by atoms with Crippen molar-refractivity contribution >= 4 is 40.6 Å². The molecule has 13 heteroatoms. The number of urea groups is 1. The Morgan fingerprint density at radius 2 is 1.78 bits per heavy atom. The topological polar surface area (TPSA) is 95.8 Å². The van der Waals surface area contributed by atoms with E-state index >= 15 is 0 Å². The lowest BCUT2D eigenvalue weighted by Crippen LogP contribution is -2.50. The monoisotopic (exact) mass is 602 g/mol. The van der Waals surface area contributed by atoms with Crippen molar-refractivity contribution in [3.8, 4) is 5.75 Å². The molecule has 41 heavy (non-hydrogen) atoms. The van der Waals surface area contributed by atoms with Gasteiger partial charge in [0.05, 0.1) is 17.3 Å². The number of ether oxygens (including phenoxy) is 1. The van der Waals surface area contributed by atoms with E-state index in [1.54, 1.807) is 35.2 Å². The fraction of sp³-hybridized carbons (Fsp3) is 0.250. The lowest BCUT2D eigenvalue weighted by atomic mass is 9.94. The number of rotatable bonds is 8. The summed E-state index contributed by atoms with van der Waals surface area (Å²) in [6.07, 6.45) is 2.68. The SMILES string of the molecule is O=C(Nc1ccc(Cl)cc1Cl)N1CCN(c2ccc(OCC(O)(Cn3cncn3)c3ccc(F)cc3F)cc2)CC1. The molecule has 0 aliphatic carbocycles. The molecule has 2 amide bonds. The predicted octanol–water partition coefficient (Wildman–Crippen LogP) is 5.18. The molecule has 0 bridgehead atoms. The number of nitrogens with one attached hydrogen (secondary N) is 1. The maximum Gasteiger partial charge on any atom is 0.322 e. The van der Waals surface area contributed by atoms with Crippen LogP contribution in [0.15, 0.2) is 73.3 Å². The van der Waals surface area contributed by atoms with Crippen molar-refractivity contribution < 1.29 is 23.4 Å². The summed E-state index contributed by atoms with van der Waals surface area (Å²) < 4.78 is 35.3. The van der Waals surface area contributed by atoms with Crippen molar-refractivity contribution in [2.45, 2.75) is 12.1 Å². The second kappa shape index (κ2) is 12.3. The highest BCUT2D eigenvalue weighted by molar-refractivity contribution is 6.36. The zero-order chi connectivity index (χ0) is 29.0. The molecule has 1 fully saturated rings. The summed E-state index contributed by atoms with van der Waals surface area (Å²) >= 11 is 12.1. The molecule has 5 rings (SSSR count). The molecule has 2 heterocycles. The number of carbonyl (C=O) groups excluding carboxylic acids is 1. The Balaban J connectivity index is 1.19. The van der Waals surface area contributed by atoms with E-state index in [0.717, 1.165) is 11.8 Å². The van der Waals surface area contributed by atoms with Gasteiger partial charge in [0.15, 0.2) is 0 Å². The van der Waals surface area contributed by atoms with Crippen LogP contribution in [0.25, 0.3) is 0 Å². The Kier molecular flexibility index (Phi) is 8.57. The highest BCUT2D eigenvalue weighted by atomic mass is 35.5. The predicted molar refractivity (Wildman–Crippen MR) is 151 cm³/mol. The van der Waals surface area contributed by atoms with E-state index in [2.05, 4.69) is 20.3 Å². The van der Waals surface area contributed by atoms with E-state index in [0.29, 0.717) is 53.7 Å². The normalized spacial score (nSPS) is 15.0. The molecule has 1 atom stereocenters. The number of piperazine rings is 1. The van der Waals surface area contributed by atoms with Gasteiger partial charge >= 0.3 is 6.03 Å². The summed E-state index contributed by atoms with van der Waals surface area (Å²) in [6, 6.07) is 14.9. The van der Waals surface area contributed by atoms with Gasteiger partial charge in [-0.05, 0) is 48.5 Å². The minimum atomic E-state index is -1.85. The van der Waals surface area contributed by atoms with Gasteiger partial charge < -0.3 is 25.0 Å². The summed E-state index contributed by atoms with van der Waals surface area (Å²) in [5.41, 5.74) is -0.543. The van der Waals surface area contributed by atoms with Crippen molar-refractivity contribution in [1.82, 2.24) is 19.7 Å². The number of hydrogen-bond donors (Lipinski definition) is 2. The molecule has 1 saturated heterocycles. The van der Waals surface area contributed by atoms with Crippen molar-refractivity contribution in [1.29, 1.82) is 0 Å². The number of aliphatic hydroxyl groups is 1. The number of nitrogens with zero attached hydrogens (tertiary/aromatic N) is 5. The average molecular weight is 603 g/mol. The number of hydrogen-bond acceptors (Lipinski definition) is 6. The fourth-order valence-corrected chi connectivity index (χ4v) is 5.02. The van der Waals surface area contributed by atoms with Crippen LogP contribution in [-0.2, 0) is 12.1 Å². The van der Waals surface area contributed by atoms with Gasteiger partial charge in [0.2, 0.25) is 0 Å². The second-order valence-corrected chi connectivity index (χ2v) is 10.4. The number of amides is 2. The van der Waals surface area contributed by atoms with Gasteiger partial charge in [-0.1, -0.05) is 29.3 Å². The van der Waals surface area contributed by atoms with E-state index in [9.17, 15) is 18.7 Å². The van der Waals surface area contributed by atoms with E-state index in [1.165, 1.54) is 23.4 Å². The van der Waals surface area contributed by atoms with Gasteiger partial charge in [0, 0.05) is 48.5 Å². The van der Waals surface area contributed by atoms with Crippen LogP contribution < -0.4 is 15.0 Å². The first-order chi connectivity index (χ1) is 19.7. The first-order valence-electron chi connectivity index (χ1n) is 12.7. The summed E-state index contributed by atoms with van der Waals surface area (Å²) in [4.78, 5) is 20.4. The third-order valence-corrected chi connectivity index (χ3v) is 7.29. The van der Waals surface area contributed by atoms with Crippen LogP contribution in [0.4, 0.5) is 25.0 Å². The zero-order valence-electron chi connectivity index (χ0n) is 21.7. The van der Waals surface area contributed by atoms with Crippen LogP contribution in [0.2, 0.25) is 10.0 Å². The van der Waals surface area contributed by atoms with E-state index < -0.39 is 17.2 Å². The van der Waals surface area contributed by atoms with Gasteiger partial charge in [-0.2, -0.15) is 5.10 Å². The van der Waals surface area contributed by atoms with Gasteiger partial charge in [0.25, 0.3) is 0 Å². The zero-order valence-corrected chi connectivity index (χ0v) is 23.2. The standard InChI is InChI=1S/C28H26Cl2F2N6O3/c29-19-1-8-26(24(30)13-19)35-27(39)37-11-9-36(10-12-37)21-3-5-22(6-4-21)41-16-28(40,15-38-18-33-17-34-38)23-7-2-20(31)14-25(23)32/h1-8,13-14,17-18,40H,9-12,15-16H2,(H,35,39). The first kappa shape index (κ1) is 28.6. The Morgan fingerprint density at radius 1 is 1.02 bits per heavy atom. The maximum atomic E-state index is 14.6. The number of halogens is 4.